The lowest BCUT2D eigenvalue weighted by molar-refractivity contribution is -0.122. The summed E-state index contributed by atoms with van der Waals surface area (Å²) in [6.45, 7) is 1.85. The topological polar surface area (TPSA) is 40.6 Å². The van der Waals surface area contributed by atoms with Crippen LogP contribution in [0.15, 0.2) is 36.4 Å². The smallest absolute Gasteiger partial charge is 0.251 e. The molecule has 2 aliphatic heterocycles. The Morgan fingerprint density at radius 2 is 1.57 bits per heavy atom. The van der Waals surface area contributed by atoms with E-state index in [0.717, 1.165) is 25.9 Å². The van der Waals surface area contributed by atoms with Crippen molar-refractivity contribution in [1.82, 2.24) is 4.90 Å². The Morgan fingerprint density at radius 1 is 0.957 bits per heavy atom. The lowest BCUT2D eigenvalue weighted by Crippen LogP contribution is -2.41. The van der Waals surface area contributed by atoms with Crippen LogP contribution in [0.4, 0.5) is 5.69 Å². The lowest BCUT2D eigenvalue weighted by atomic mass is 9.86. The molecule has 0 radical (unpaired) electrons. The van der Waals surface area contributed by atoms with Crippen LogP contribution in [0, 0.1) is 11.8 Å². The average molecular weight is 331 g/mol. The van der Waals surface area contributed by atoms with Crippen molar-refractivity contribution in [3.05, 3.63) is 41.4 Å². The number of fused-ring (bicyclic) bond motifs is 1. The minimum absolute atomic E-state index is 0.0936. The minimum atomic E-state index is -0.302. The molecule has 3 aliphatic rings. The fourth-order valence-corrected chi connectivity index (χ4v) is 4.19. The van der Waals surface area contributed by atoms with E-state index in [9.17, 15) is 9.59 Å². The van der Waals surface area contributed by atoms with Crippen molar-refractivity contribution >= 4 is 29.1 Å². The number of imide groups is 1. The molecule has 23 heavy (non-hydrogen) atoms. The Labute approximate surface area is 140 Å². The third-order valence-electron chi connectivity index (χ3n) is 5.30. The van der Waals surface area contributed by atoms with E-state index in [1.54, 1.807) is 24.3 Å². The number of benzene rings is 1. The van der Waals surface area contributed by atoms with Gasteiger partial charge in [-0.3, -0.25) is 14.5 Å². The van der Waals surface area contributed by atoms with E-state index in [4.69, 9.17) is 11.6 Å². The molecule has 0 unspecified atom stereocenters. The quantitative estimate of drug-likeness (QED) is 0.618. The SMILES string of the molecule is O=C1C[C@@H](N2C[C@H]3CC=CC[C@H]3C2)C(=O)N1c1ccc(Cl)cc1. The molecule has 1 aliphatic carbocycles. The van der Waals surface area contributed by atoms with Crippen molar-refractivity contribution in [2.75, 3.05) is 18.0 Å². The van der Waals surface area contributed by atoms with E-state index < -0.39 is 0 Å². The van der Waals surface area contributed by atoms with Crippen molar-refractivity contribution in [2.24, 2.45) is 11.8 Å². The third-order valence-corrected chi connectivity index (χ3v) is 5.55. The van der Waals surface area contributed by atoms with E-state index in [1.807, 2.05) is 0 Å². The summed E-state index contributed by atoms with van der Waals surface area (Å²) in [6, 6.07) is 6.58. The van der Waals surface area contributed by atoms with Crippen LogP contribution in [0.2, 0.25) is 5.02 Å². The molecule has 2 fully saturated rings. The van der Waals surface area contributed by atoms with Gasteiger partial charge in [-0.05, 0) is 48.9 Å². The molecule has 4 rings (SSSR count). The molecular weight excluding hydrogens is 312 g/mol. The molecule has 3 atom stereocenters. The first-order valence-electron chi connectivity index (χ1n) is 8.15. The molecule has 2 amide bonds. The fourth-order valence-electron chi connectivity index (χ4n) is 4.07. The van der Waals surface area contributed by atoms with Gasteiger partial charge < -0.3 is 0 Å². The first-order valence-corrected chi connectivity index (χ1v) is 8.52. The largest absolute Gasteiger partial charge is 0.291 e. The van der Waals surface area contributed by atoms with Crippen LogP contribution in [-0.2, 0) is 9.59 Å². The van der Waals surface area contributed by atoms with Gasteiger partial charge in [0.25, 0.3) is 5.91 Å². The normalized spacial score (nSPS) is 31.0. The van der Waals surface area contributed by atoms with Gasteiger partial charge in [-0.1, -0.05) is 23.8 Å². The standard InChI is InChI=1S/C18H19ClN2O2/c19-14-5-7-15(8-6-14)21-17(22)9-16(18(21)23)20-10-12-3-1-2-4-13(12)11-20/h1-2,5-8,12-13,16H,3-4,9-11H2/t12-,13+,16-/m1/s1. The predicted octanol–water partition coefficient (Wildman–Crippen LogP) is 2.87. The first-order chi connectivity index (χ1) is 11.1. The second kappa shape index (κ2) is 5.77. The van der Waals surface area contributed by atoms with Crippen molar-refractivity contribution in [3.8, 4) is 0 Å². The molecule has 5 heteroatoms. The number of allylic oxidation sites excluding steroid dienone is 2. The molecule has 0 spiro atoms. The second-order valence-electron chi connectivity index (χ2n) is 6.68. The molecule has 2 saturated heterocycles. The molecule has 0 N–H and O–H groups in total. The zero-order valence-corrected chi connectivity index (χ0v) is 13.6. The second-order valence-corrected chi connectivity index (χ2v) is 7.12. The molecule has 0 saturated carbocycles. The monoisotopic (exact) mass is 330 g/mol. The number of rotatable bonds is 2. The van der Waals surface area contributed by atoms with Crippen molar-refractivity contribution in [2.45, 2.75) is 25.3 Å². The van der Waals surface area contributed by atoms with Crippen molar-refractivity contribution in [3.63, 3.8) is 0 Å². The van der Waals surface area contributed by atoms with Gasteiger partial charge >= 0.3 is 0 Å². The van der Waals surface area contributed by atoms with Gasteiger partial charge in [-0.15, -0.1) is 0 Å². The summed E-state index contributed by atoms with van der Waals surface area (Å²) >= 11 is 5.89. The summed E-state index contributed by atoms with van der Waals surface area (Å²) in [5, 5.41) is 0.598. The summed E-state index contributed by atoms with van der Waals surface area (Å²) in [7, 11) is 0. The highest BCUT2D eigenvalue weighted by Crippen LogP contribution is 2.36. The number of carbonyl (C=O) groups excluding carboxylic acids is 2. The molecule has 4 nitrogen and oxygen atoms in total. The Kier molecular flexibility index (Phi) is 3.74. The van der Waals surface area contributed by atoms with E-state index in [2.05, 4.69) is 17.1 Å². The van der Waals surface area contributed by atoms with E-state index in [0.29, 0.717) is 22.5 Å². The van der Waals surface area contributed by atoms with Gasteiger partial charge in [0, 0.05) is 18.1 Å². The maximum Gasteiger partial charge on any atom is 0.251 e. The van der Waals surface area contributed by atoms with Crippen molar-refractivity contribution in [1.29, 1.82) is 0 Å². The van der Waals surface area contributed by atoms with Crippen LogP contribution in [0.1, 0.15) is 19.3 Å². The van der Waals surface area contributed by atoms with Crippen LogP contribution < -0.4 is 4.90 Å². The molecule has 0 bridgehead atoms. The Bertz CT molecular complexity index is 654. The molecule has 1 aromatic rings. The summed E-state index contributed by atoms with van der Waals surface area (Å²) < 4.78 is 0. The number of likely N-dealkylation sites (tertiary alicyclic amines) is 1. The van der Waals surface area contributed by atoms with Crippen LogP contribution in [-0.4, -0.2) is 35.8 Å². The predicted molar refractivity (Wildman–Crippen MR) is 89.3 cm³/mol. The molecular formula is C18H19ClN2O2. The minimum Gasteiger partial charge on any atom is -0.291 e. The summed E-state index contributed by atoms with van der Waals surface area (Å²) in [5.41, 5.74) is 0.616. The van der Waals surface area contributed by atoms with Gasteiger partial charge in [-0.2, -0.15) is 0 Å². The highest BCUT2D eigenvalue weighted by Gasteiger charge is 2.46. The molecule has 0 aromatic heterocycles. The summed E-state index contributed by atoms with van der Waals surface area (Å²) in [5.74, 6) is 1.05. The van der Waals surface area contributed by atoms with Crippen LogP contribution >= 0.6 is 11.6 Å². The number of hydrogen-bond acceptors (Lipinski definition) is 3. The number of anilines is 1. The first kappa shape index (κ1) is 14.9. The van der Waals surface area contributed by atoms with E-state index >= 15 is 0 Å². The van der Waals surface area contributed by atoms with Crippen molar-refractivity contribution < 1.29 is 9.59 Å². The highest BCUT2D eigenvalue weighted by atomic mass is 35.5. The molecule has 1 aromatic carbocycles. The van der Waals surface area contributed by atoms with E-state index in [1.165, 1.54) is 4.90 Å². The molecule has 120 valence electrons. The number of halogens is 1. The maximum atomic E-state index is 12.8. The molecule has 2 heterocycles. The zero-order valence-electron chi connectivity index (χ0n) is 12.8. The highest BCUT2D eigenvalue weighted by molar-refractivity contribution is 6.30. The number of carbonyl (C=O) groups is 2. The Hall–Kier alpha value is -1.65. The van der Waals surface area contributed by atoms with Gasteiger partial charge in [0.1, 0.15) is 0 Å². The van der Waals surface area contributed by atoms with Gasteiger partial charge in [0.05, 0.1) is 18.2 Å². The lowest BCUT2D eigenvalue weighted by Gasteiger charge is -2.22. The van der Waals surface area contributed by atoms with Crippen LogP contribution in [0.3, 0.4) is 0 Å². The summed E-state index contributed by atoms with van der Waals surface area (Å²) in [6.07, 6.45) is 6.96. The van der Waals surface area contributed by atoms with E-state index in [-0.39, 0.29) is 24.3 Å². The Balaban J connectivity index is 1.53. The number of amides is 2. The maximum absolute atomic E-state index is 12.8. The fraction of sp³-hybridized carbons (Fsp3) is 0.444. The summed E-state index contributed by atoms with van der Waals surface area (Å²) in [4.78, 5) is 28.7. The Morgan fingerprint density at radius 3 is 2.17 bits per heavy atom. The van der Waals surface area contributed by atoms with Gasteiger partial charge in [0.2, 0.25) is 5.91 Å². The van der Waals surface area contributed by atoms with Gasteiger partial charge in [0.15, 0.2) is 0 Å². The zero-order chi connectivity index (χ0) is 16.0. The third kappa shape index (κ3) is 2.60. The number of hydrogen-bond donors (Lipinski definition) is 0. The average Bonchev–Trinajstić information content (AvgIpc) is 3.09. The van der Waals surface area contributed by atoms with Gasteiger partial charge in [-0.25, -0.2) is 4.90 Å². The number of nitrogens with zero attached hydrogens (tertiary/aromatic N) is 2. The van der Waals surface area contributed by atoms with Crippen LogP contribution in [0.5, 0.6) is 0 Å². The van der Waals surface area contributed by atoms with Crippen LogP contribution in [0.25, 0.3) is 0 Å².